The third-order valence-electron chi connectivity index (χ3n) is 4.09. The van der Waals surface area contributed by atoms with Gasteiger partial charge in [-0.1, -0.05) is 11.6 Å². The van der Waals surface area contributed by atoms with E-state index in [2.05, 4.69) is 15.2 Å². The molecule has 1 amide bonds. The van der Waals surface area contributed by atoms with E-state index < -0.39 is 10.8 Å². The van der Waals surface area contributed by atoms with Crippen molar-refractivity contribution in [3.05, 3.63) is 62.8 Å². The average Bonchev–Trinajstić information content (AvgIpc) is 3.14. The molecule has 0 atom stereocenters. The minimum atomic E-state index is -0.612. The van der Waals surface area contributed by atoms with E-state index >= 15 is 0 Å². The smallest absolute Gasteiger partial charge is 0.283 e. The van der Waals surface area contributed by atoms with Gasteiger partial charge < -0.3 is 10.2 Å². The molecule has 1 aliphatic heterocycles. The van der Waals surface area contributed by atoms with Crippen molar-refractivity contribution in [1.29, 1.82) is 0 Å². The van der Waals surface area contributed by atoms with Crippen LogP contribution >= 0.6 is 11.6 Å². The summed E-state index contributed by atoms with van der Waals surface area (Å²) < 4.78 is 0. The molecule has 0 bridgehead atoms. The number of anilines is 1. The van der Waals surface area contributed by atoms with Gasteiger partial charge >= 0.3 is 0 Å². The number of pyridine rings is 1. The number of hydrogen-bond acceptors (Lipinski definition) is 5. The second-order valence-corrected chi connectivity index (χ2v) is 6.25. The van der Waals surface area contributed by atoms with E-state index in [0.717, 1.165) is 37.3 Å². The SMILES string of the molecule is O=C(NCc1ccnc(N2CCCC2)c1)c1ccc(Cl)cc1[N+](=O)[O-]. The molecule has 0 aliphatic carbocycles. The molecule has 3 rings (SSSR count). The zero-order chi connectivity index (χ0) is 17.8. The van der Waals surface area contributed by atoms with Crippen LogP contribution in [0.4, 0.5) is 11.5 Å². The minimum absolute atomic E-state index is 0.0109. The van der Waals surface area contributed by atoms with E-state index in [0.29, 0.717) is 0 Å². The number of nitro groups is 1. The van der Waals surface area contributed by atoms with Gasteiger partial charge in [-0.15, -0.1) is 0 Å². The maximum Gasteiger partial charge on any atom is 0.283 e. The molecule has 0 spiro atoms. The first-order valence-electron chi connectivity index (χ1n) is 7.96. The van der Waals surface area contributed by atoms with Crippen LogP contribution in [0.1, 0.15) is 28.8 Å². The zero-order valence-corrected chi connectivity index (χ0v) is 14.2. The zero-order valence-electron chi connectivity index (χ0n) is 13.4. The first-order valence-corrected chi connectivity index (χ1v) is 8.34. The van der Waals surface area contributed by atoms with Crippen molar-refractivity contribution in [1.82, 2.24) is 10.3 Å². The number of nitro benzene ring substituents is 1. The average molecular weight is 361 g/mol. The quantitative estimate of drug-likeness (QED) is 0.653. The number of nitrogens with one attached hydrogen (secondary N) is 1. The summed E-state index contributed by atoms with van der Waals surface area (Å²) in [5, 5.41) is 14.0. The molecule has 0 radical (unpaired) electrons. The largest absolute Gasteiger partial charge is 0.357 e. The van der Waals surface area contributed by atoms with Gasteiger partial charge in [0.05, 0.1) is 4.92 Å². The summed E-state index contributed by atoms with van der Waals surface area (Å²) in [5.41, 5.74) is 0.572. The number of amides is 1. The summed E-state index contributed by atoms with van der Waals surface area (Å²) in [4.78, 5) is 29.4. The summed E-state index contributed by atoms with van der Waals surface area (Å²) >= 11 is 5.77. The number of nitrogens with zero attached hydrogens (tertiary/aromatic N) is 3. The molecule has 1 aliphatic rings. The highest BCUT2D eigenvalue weighted by Gasteiger charge is 2.20. The second-order valence-electron chi connectivity index (χ2n) is 5.82. The lowest BCUT2D eigenvalue weighted by Crippen LogP contribution is -2.24. The molecule has 1 fully saturated rings. The van der Waals surface area contributed by atoms with Gasteiger partial charge in [-0.05, 0) is 42.7 Å². The van der Waals surface area contributed by atoms with Gasteiger partial charge in [-0.3, -0.25) is 14.9 Å². The van der Waals surface area contributed by atoms with Crippen LogP contribution in [-0.2, 0) is 6.54 Å². The Balaban J connectivity index is 1.70. The Kier molecular flexibility index (Phi) is 5.14. The molecule has 130 valence electrons. The molecule has 8 heteroatoms. The first-order chi connectivity index (χ1) is 12.0. The lowest BCUT2D eigenvalue weighted by molar-refractivity contribution is -0.385. The maximum atomic E-state index is 12.3. The van der Waals surface area contributed by atoms with Crippen LogP contribution in [0.5, 0.6) is 0 Å². The fraction of sp³-hybridized carbons (Fsp3) is 0.294. The van der Waals surface area contributed by atoms with Gasteiger partial charge in [0.15, 0.2) is 0 Å². The maximum absolute atomic E-state index is 12.3. The monoisotopic (exact) mass is 360 g/mol. The summed E-state index contributed by atoms with van der Waals surface area (Å²) in [6, 6.07) is 7.74. The number of rotatable bonds is 5. The van der Waals surface area contributed by atoms with Gasteiger partial charge in [0.1, 0.15) is 11.4 Å². The van der Waals surface area contributed by atoms with E-state index in [1.165, 1.54) is 18.2 Å². The highest BCUT2D eigenvalue weighted by atomic mass is 35.5. The van der Waals surface area contributed by atoms with Gasteiger partial charge in [0.25, 0.3) is 11.6 Å². The van der Waals surface area contributed by atoms with Crippen molar-refractivity contribution in [2.24, 2.45) is 0 Å². The van der Waals surface area contributed by atoms with Crippen LogP contribution < -0.4 is 10.2 Å². The number of halogens is 1. The second kappa shape index (κ2) is 7.48. The minimum Gasteiger partial charge on any atom is -0.357 e. The predicted octanol–water partition coefficient (Wildman–Crippen LogP) is 3.17. The van der Waals surface area contributed by atoms with Crippen molar-refractivity contribution in [3.63, 3.8) is 0 Å². The Morgan fingerprint density at radius 1 is 1.28 bits per heavy atom. The molecule has 1 aromatic heterocycles. The summed E-state index contributed by atoms with van der Waals surface area (Å²) in [6.45, 7) is 2.24. The van der Waals surface area contributed by atoms with Gasteiger partial charge in [-0.2, -0.15) is 0 Å². The van der Waals surface area contributed by atoms with E-state index in [1.807, 2.05) is 12.1 Å². The fourth-order valence-corrected chi connectivity index (χ4v) is 2.98. The molecular weight excluding hydrogens is 344 g/mol. The Morgan fingerprint density at radius 3 is 2.76 bits per heavy atom. The molecule has 7 nitrogen and oxygen atoms in total. The van der Waals surface area contributed by atoms with Crippen LogP contribution in [0.2, 0.25) is 5.02 Å². The molecule has 1 aromatic carbocycles. The van der Waals surface area contributed by atoms with Crippen molar-refractivity contribution in [3.8, 4) is 0 Å². The van der Waals surface area contributed by atoms with Gasteiger partial charge in [0.2, 0.25) is 0 Å². The highest BCUT2D eigenvalue weighted by molar-refractivity contribution is 6.31. The van der Waals surface area contributed by atoms with Crippen molar-refractivity contribution in [2.75, 3.05) is 18.0 Å². The molecule has 1 N–H and O–H groups in total. The number of carbonyl (C=O) groups is 1. The normalized spacial score (nSPS) is 13.7. The topological polar surface area (TPSA) is 88.4 Å². The third kappa shape index (κ3) is 4.06. The third-order valence-corrected chi connectivity index (χ3v) is 4.33. The first kappa shape index (κ1) is 17.2. The van der Waals surface area contributed by atoms with Gasteiger partial charge in [0, 0.05) is 36.9 Å². The van der Waals surface area contributed by atoms with Crippen LogP contribution in [0, 0.1) is 10.1 Å². The molecule has 0 unspecified atom stereocenters. The summed E-state index contributed by atoms with van der Waals surface area (Å²) in [7, 11) is 0. The van der Waals surface area contributed by atoms with Crippen molar-refractivity contribution in [2.45, 2.75) is 19.4 Å². The molecule has 0 saturated carbocycles. The Labute approximate surface area is 149 Å². The molecule has 25 heavy (non-hydrogen) atoms. The van der Waals surface area contributed by atoms with Crippen molar-refractivity contribution < 1.29 is 9.72 Å². The lowest BCUT2D eigenvalue weighted by atomic mass is 10.1. The van der Waals surface area contributed by atoms with Crippen LogP contribution in [0.3, 0.4) is 0 Å². The summed E-state index contributed by atoms with van der Waals surface area (Å²) in [6.07, 6.45) is 4.02. The lowest BCUT2D eigenvalue weighted by Gasteiger charge is -2.17. The molecule has 1 saturated heterocycles. The van der Waals surface area contributed by atoms with E-state index in [9.17, 15) is 14.9 Å². The molecule has 2 heterocycles. The summed E-state index contributed by atoms with van der Waals surface area (Å²) in [5.74, 6) is 0.379. The number of carbonyl (C=O) groups excluding carboxylic acids is 1. The standard InChI is InChI=1S/C17H17ClN4O3/c18-13-3-4-14(15(10-13)22(24)25)17(23)20-11-12-5-6-19-16(9-12)21-7-1-2-8-21/h3-6,9-10H,1-2,7-8,11H2,(H,20,23). The van der Waals surface area contributed by atoms with E-state index in [-0.39, 0.29) is 22.8 Å². The van der Waals surface area contributed by atoms with Gasteiger partial charge in [-0.25, -0.2) is 4.98 Å². The highest BCUT2D eigenvalue weighted by Crippen LogP contribution is 2.23. The van der Waals surface area contributed by atoms with Crippen LogP contribution in [0.25, 0.3) is 0 Å². The molecular formula is C17H17ClN4O3. The van der Waals surface area contributed by atoms with Crippen LogP contribution in [0.15, 0.2) is 36.5 Å². The Bertz CT molecular complexity index is 806. The number of aromatic nitrogens is 1. The van der Waals surface area contributed by atoms with Crippen LogP contribution in [-0.4, -0.2) is 28.9 Å². The predicted molar refractivity (Wildman–Crippen MR) is 95.0 cm³/mol. The fourth-order valence-electron chi connectivity index (χ4n) is 2.82. The van der Waals surface area contributed by atoms with Crippen molar-refractivity contribution >= 4 is 29.0 Å². The number of hydrogen-bond donors (Lipinski definition) is 1. The van der Waals surface area contributed by atoms with E-state index in [4.69, 9.17) is 11.6 Å². The Morgan fingerprint density at radius 2 is 2.04 bits per heavy atom. The Hall–Kier alpha value is -2.67. The number of benzene rings is 1. The van der Waals surface area contributed by atoms with E-state index in [1.54, 1.807) is 6.20 Å². The molecule has 2 aromatic rings.